The minimum atomic E-state index is -0.965. The predicted octanol–water partition coefficient (Wildman–Crippen LogP) is 1.94. The van der Waals surface area contributed by atoms with Gasteiger partial charge in [0, 0.05) is 15.5 Å². The molecule has 100 valence electrons. The van der Waals surface area contributed by atoms with E-state index in [0.717, 1.165) is 10.6 Å². The van der Waals surface area contributed by atoms with Crippen LogP contribution < -0.4 is 0 Å². The van der Waals surface area contributed by atoms with Crippen LogP contribution >= 0.6 is 23.5 Å². The lowest BCUT2D eigenvalue weighted by molar-refractivity contribution is 0.0689. The molecule has 0 aliphatic heterocycles. The van der Waals surface area contributed by atoms with E-state index in [0.29, 0.717) is 4.90 Å². The van der Waals surface area contributed by atoms with Gasteiger partial charge in [-0.15, -0.1) is 23.5 Å². The number of aromatic carboxylic acids is 1. The van der Waals surface area contributed by atoms with Crippen LogP contribution in [0.15, 0.2) is 28.0 Å². The Morgan fingerprint density at radius 3 is 2.44 bits per heavy atom. The van der Waals surface area contributed by atoms with Crippen molar-refractivity contribution in [1.82, 2.24) is 0 Å². The molecule has 3 N–H and O–H groups in total. The van der Waals surface area contributed by atoms with Crippen molar-refractivity contribution in [2.75, 3.05) is 18.1 Å². The molecule has 1 unspecified atom stereocenters. The van der Waals surface area contributed by atoms with Gasteiger partial charge in [-0.1, -0.05) is 13.0 Å². The summed E-state index contributed by atoms with van der Waals surface area (Å²) in [4.78, 5) is 12.6. The van der Waals surface area contributed by atoms with E-state index in [-0.39, 0.29) is 17.9 Å². The van der Waals surface area contributed by atoms with Crippen molar-refractivity contribution in [2.45, 2.75) is 22.8 Å². The largest absolute Gasteiger partial charge is 0.478 e. The first-order valence-electron chi connectivity index (χ1n) is 5.51. The van der Waals surface area contributed by atoms with Gasteiger partial charge in [-0.3, -0.25) is 0 Å². The van der Waals surface area contributed by atoms with Crippen LogP contribution in [-0.4, -0.2) is 45.5 Å². The van der Waals surface area contributed by atoms with E-state index in [4.69, 9.17) is 5.11 Å². The number of benzene rings is 1. The Labute approximate surface area is 114 Å². The Bertz CT molecular complexity index is 409. The van der Waals surface area contributed by atoms with Crippen molar-refractivity contribution in [3.8, 4) is 0 Å². The molecule has 0 amide bonds. The van der Waals surface area contributed by atoms with Gasteiger partial charge in [0.2, 0.25) is 0 Å². The van der Waals surface area contributed by atoms with E-state index >= 15 is 0 Å². The predicted molar refractivity (Wildman–Crippen MR) is 73.6 cm³/mol. The third kappa shape index (κ3) is 4.20. The first-order chi connectivity index (χ1) is 8.60. The summed E-state index contributed by atoms with van der Waals surface area (Å²) in [6, 6.07) is 5.31. The molecule has 0 saturated heterocycles. The highest BCUT2D eigenvalue weighted by Gasteiger charge is 2.16. The molecular formula is C12H16O4S2. The Balaban J connectivity index is 2.95. The zero-order valence-corrected chi connectivity index (χ0v) is 11.6. The second kappa shape index (κ2) is 7.68. The molecule has 1 aromatic rings. The van der Waals surface area contributed by atoms with Crippen LogP contribution in [0.4, 0.5) is 0 Å². The molecule has 0 heterocycles. The number of aliphatic hydroxyl groups is 2. The average molecular weight is 288 g/mol. The fourth-order valence-corrected chi connectivity index (χ4v) is 3.24. The molecule has 0 saturated carbocycles. The Morgan fingerprint density at radius 1 is 1.33 bits per heavy atom. The number of carboxylic acid groups (broad SMARTS) is 1. The zero-order chi connectivity index (χ0) is 13.5. The summed E-state index contributed by atoms with van der Waals surface area (Å²) in [5, 5.41) is 27.3. The molecule has 0 radical (unpaired) electrons. The smallest absolute Gasteiger partial charge is 0.337 e. The Morgan fingerprint density at radius 2 is 1.94 bits per heavy atom. The van der Waals surface area contributed by atoms with Crippen LogP contribution in [0.5, 0.6) is 0 Å². The summed E-state index contributed by atoms with van der Waals surface area (Å²) in [5.74, 6) is 0.109. The highest BCUT2D eigenvalue weighted by atomic mass is 32.2. The molecule has 18 heavy (non-hydrogen) atoms. The first kappa shape index (κ1) is 15.4. The van der Waals surface area contributed by atoms with Crippen molar-refractivity contribution < 1.29 is 20.1 Å². The Hall–Kier alpha value is -0.690. The van der Waals surface area contributed by atoms with Crippen LogP contribution in [0.2, 0.25) is 0 Å². The van der Waals surface area contributed by atoms with Crippen molar-refractivity contribution in [3.05, 3.63) is 23.8 Å². The van der Waals surface area contributed by atoms with Gasteiger partial charge in [0.25, 0.3) is 0 Å². The van der Waals surface area contributed by atoms with Gasteiger partial charge >= 0.3 is 5.97 Å². The maximum Gasteiger partial charge on any atom is 0.337 e. The number of thioether (sulfide) groups is 2. The molecular weight excluding hydrogens is 272 g/mol. The van der Waals surface area contributed by atoms with Crippen molar-refractivity contribution in [3.63, 3.8) is 0 Å². The SMILES string of the molecule is CCSc1cccc(SCC(O)CO)c1C(=O)O. The standard InChI is InChI=1S/C12H16O4S2/c1-2-17-9-4-3-5-10(11(9)12(15)16)18-7-8(14)6-13/h3-5,8,13-14H,2,6-7H2,1H3,(H,15,16). The normalized spacial score (nSPS) is 12.4. The lowest BCUT2D eigenvalue weighted by atomic mass is 10.2. The first-order valence-corrected chi connectivity index (χ1v) is 7.48. The number of carboxylic acids is 1. The molecule has 1 aromatic carbocycles. The van der Waals surface area contributed by atoms with E-state index in [1.807, 2.05) is 6.92 Å². The van der Waals surface area contributed by atoms with Gasteiger partial charge in [-0.05, 0) is 17.9 Å². The third-order valence-electron chi connectivity index (χ3n) is 2.14. The van der Waals surface area contributed by atoms with Gasteiger partial charge in [-0.25, -0.2) is 4.79 Å². The highest BCUT2D eigenvalue weighted by molar-refractivity contribution is 8.00. The van der Waals surface area contributed by atoms with Crippen LogP contribution in [-0.2, 0) is 0 Å². The zero-order valence-electron chi connectivity index (χ0n) is 10.00. The van der Waals surface area contributed by atoms with Gasteiger partial charge in [0.05, 0.1) is 18.3 Å². The molecule has 1 atom stereocenters. The Kier molecular flexibility index (Phi) is 6.56. The highest BCUT2D eigenvalue weighted by Crippen LogP contribution is 2.31. The average Bonchev–Trinajstić information content (AvgIpc) is 2.36. The van der Waals surface area contributed by atoms with Crippen molar-refractivity contribution in [1.29, 1.82) is 0 Å². The molecule has 4 nitrogen and oxygen atoms in total. The van der Waals surface area contributed by atoms with E-state index in [2.05, 4.69) is 0 Å². The minimum absolute atomic E-state index is 0.275. The van der Waals surface area contributed by atoms with Crippen LogP contribution in [0, 0.1) is 0 Å². The summed E-state index contributed by atoms with van der Waals surface area (Å²) in [5.41, 5.74) is 0.277. The number of hydrogen-bond donors (Lipinski definition) is 3. The van der Waals surface area contributed by atoms with Crippen LogP contribution in [0.3, 0.4) is 0 Å². The van der Waals surface area contributed by atoms with Crippen molar-refractivity contribution in [2.24, 2.45) is 0 Å². The monoisotopic (exact) mass is 288 g/mol. The fourth-order valence-electron chi connectivity index (χ4n) is 1.36. The lowest BCUT2D eigenvalue weighted by Crippen LogP contribution is -2.15. The number of carbonyl (C=O) groups is 1. The summed E-state index contributed by atoms with van der Waals surface area (Å²) in [6.45, 7) is 1.64. The molecule has 0 aliphatic carbocycles. The number of aliphatic hydroxyl groups excluding tert-OH is 2. The number of rotatable bonds is 7. The van der Waals surface area contributed by atoms with Gasteiger partial charge in [-0.2, -0.15) is 0 Å². The summed E-state index contributed by atoms with van der Waals surface area (Å²) >= 11 is 2.72. The third-order valence-corrected chi connectivity index (χ3v) is 4.29. The summed E-state index contributed by atoms with van der Waals surface area (Å²) in [6.07, 6.45) is -0.834. The summed E-state index contributed by atoms with van der Waals surface area (Å²) in [7, 11) is 0. The molecule has 0 aromatic heterocycles. The van der Waals surface area contributed by atoms with Gasteiger partial charge < -0.3 is 15.3 Å². The molecule has 1 rings (SSSR count). The van der Waals surface area contributed by atoms with Crippen LogP contribution in [0.1, 0.15) is 17.3 Å². The molecule has 0 fully saturated rings. The van der Waals surface area contributed by atoms with E-state index in [1.54, 1.807) is 18.2 Å². The minimum Gasteiger partial charge on any atom is -0.478 e. The van der Waals surface area contributed by atoms with Gasteiger partial charge in [0.1, 0.15) is 0 Å². The molecule has 0 spiro atoms. The van der Waals surface area contributed by atoms with E-state index in [1.165, 1.54) is 23.5 Å². The summed E-state index contributed by atoms with van der Waals surface area (Å²) < 4.78 is 0. The number of hydrogen-bond acceptors (Lipinski definition) is 5. The maximum atomic E-state index is 11.3. The molecule has 6 heteroatoms. The van der Waals surface area contributed by atoms with Gasteiger partial charge in [0.15, 0.2) is 0 Å². The topological polar surface area (TPSA) is 77.8 Å². The van der Waals surface area contributed by atoms with E-state index < -0.39 is 12.1 Å². The molecule has 0 aliphatic rings. The van der Waals surface area contributed by atoms with Crippen molar-refractivity contribution >= 4 is 29.5 Å². The fraction of sp³-hybridized carbons (Fsp3) is 0.417. The quantitative estimate of drug-likeness (QED) is 0.666. The molecule has 0 bridgehead atoms. The van der Waals surface area contributed by atoms with E-state index in [9.17, 15) is 15.0 Å². The van der Waals surface area contributed by atoms with Crippen LogP contribution in [0.25, 0.3) is 0 Å². The second-order valence-corrected chi connectivity index (χ2v) is 5.88. The maximum absolute atomic E-state index is 11.3. The lowest BCUT2D eigenvalue weighted by Gasteiger charge is -2.11. The second-order valence-electron chi connectivity index (χ2n) is 3.51.